The van der Waals surface area contributed by atoms with Crippen LogP contribution in [0.4, 0.5) is 5.69 Å². The SMILES string of the molecule is Nc1c(-c2ccn3nccc3c2)ccc2c1CCC2. The van der Waals surface area contributed by atoms with Crippen LogP contribution in [0.1, 0.15) is 17.5 Å². The van der Waals surface area contributed by atoms with Gasteiger partial charge in [0.2, 0.25) is 0 Å². The molecule has 3 nitrogen and oxygen atoms in total. The van der Waals surface area contributed by atoms with Crippen molar-refractivity contribution < 1.29 is 0 Å². The number of hydrogen-bond donors (Lipinski definition) is 1. The number of hydrogen-bond acceptors (Lipinski definition) is 2. The van der Waals surface area contributed by atoms with Crippen LogP contribution in [0.5, 0.6) is 0 Å². The van der Waals surface area contributed by atoms with Crippen molar-refractivity contribution in [2.75, 3.05) is 5.73 Å². The van der Waals surface area contributed by atoms with Crippen LogP contribution in [0.15, 0.2) is 42.7 Å². The van der Waals surface area contributed by atoms with Crippen LogP contribution >= 0.6 is 0 Å². The Morgan fingerprint density at radius 3 is 3.00 bits per heavy atom. The number of aryl methyl sites for hydroxylation is 1. The Kier molecular flexibility index (Phi) is 2.15. The molecule has 2 heterocycles. The molecule has 3 heteroatoms. The molecule has 94 valence electrons. The largest absolute Gasteiger partial charge is 0.398 e. The zero-order valence-corrected chi connectivity index (χ0v) is 10.6. The van der Waals surface area contributed by atoms with Crippen LogP contribution in [0.3, 0.4) is 0 Å². The summed E-state index contributed by atoms with van der Waals surface area (Å²) in [5.74, 6) is 0. The number of pyridine rings is 1. The van der Waals surface area contributed by atoms with Crippen molar-refractivity contribution in [3.63, 3.8) is 0 Å². The second kappa shape index (κ2) is 3.85. The van der Waals surface area contributed by atoms with Gasteiger partial charge < -0.3 is 5.73 Å². The fourth-order valence-corrected chi connectivity index (χ4v) is 3.04. The van der Waals surface area contributed by atoms with E-state index >= 15 is 0 Å². The monoisotopic (exact) mass is 249 g/mol. The van der Waals surface area contributed by atoms with Gasteiger partial charge in [0.1, 0.15) is 0 Å². The number of nitrogens with two attached hydrogens (primary N) is 1. The molecule has 2 N–H and O–H groups in total. The Morgan fingerprint density at radius 1 is 1.11 bits per heavy atom. The molecular formula is C16H15N3. The highest BCUT2D eigenvalue weighted by molar-refractivity contribution is 5.81. The van der Waals surface area contributed by atoms with E-state index in [1.165, 1.54) is 29.5 Å². The smallest absolute Gasteiger partial charge is 0.0667 e. The fourth-order valence-electron chi connectivity index (χ4n) is 3.04. The second-order valence-corrected chi connectivity index (χ2v) is 5.13. The standard InChI is InChI=1S/C16H15N3/c17-16-14-3-1-2-11(14)4-5-15(16)12-7-9-19-13(10-12)6-8-18-19/h4-10H,1-3,17H2. The molecule has 1 aliphatic rings. The Morgan fingerprint density at radius 2 is 2.05 bits per heavy atom. The zero-order chi connectivity index (χ0) is 12.8. The number of fused-ring (bicyclic) bond motifs is 2. The zero-order valence-electron chi connectivity index (χ0n) is 10.6. The minimum absolute atomic E-state index is 0.957. The highest BCUT2D eigenvalue weighted by atomic mass is 15.2. The van der Waals surface area contributed by atoms with Crippen LogP contribution in [0, 0.1) is 0 Å². The van der Waals surface area contributed by atoms with E-state index in [0.717, 1.165) is 23.2 Å². The van der Waals surface area contributed by atoms with Gasteiger partial charge in [0, 0.05) is 23.6 Å². The summed E-state index contributed by atoms with van der Waals surface area (Å²) in [5.41, 5.74) is 13.5. The molecule has 0 saturated heterocycles. The lowest BCUT2D eigenvalue weighted by molar-refractivity contribution is 0.912. The quantitative estimate of drug-likeness (QED) is 0.673. The van der Waals surface area contributed by atoms with Gasteiger partial charge >= 0.3 is 0 Å². The summed E-state index contributed by atoms with van der Waals surface area (Å²) < 4.78 is 1.87. The predicted molar refractivity (Wildman–Crippen MR) is 77.1 cm³/mol. The fraction of sp³-hybridized carbons (Fsp3) is 0.188. The molecule has 19 heavy (non-hydrogen) atoms. The van der Waals surface area contributed by atoms with Crippen molar-refractivity contribution >= 4 is 11.2 Å². The van der Waals surface area contributed by atoms with Crippen molar-refractivity contribution in [1.82, 2.24) is 9.61 Å². The number of anilines is 1. The summed E-state index contributed by atoms with van der Waals surface area (Å²) in [7, 11) is 0. The molecule has 0 bridgehead atoms. The second-order valence-electron chi connectivity index (χ2n) is 5.13. The van der Waals surface area contributed by atoms with Gasteiger partial charge in [-0.05, 0) is 54.2 Å². The van der Waals surface area contributed by atoms with E-state index in [9.17, 15) is 0 Å². The molecule has 0 atom stereocenters. The number of aromatic nitrogens is 2. The molecule has 2 aromatic heterocycles. The van der Waals surface area contributed by atoms with Gasteiger partial charge in [0.05, 0.1) is 5.52 Å². The maximum Gasteiger partial charge on any atom is 0.0667 e. The molecule has 0 spiro atoms. The van der Waals surface area contributed by atoms with E-state index in [2.05, 4.69) is 29.4 Å². The minimum Gasteiger partial charge on any atom is -0.398 e. The summed E-state index contributed by atoms with van der Waals surface area (Å²) in [6, 6.07) is 10.6. The molecule has 0 saturated carbocycles. The molecular weight excluding hydrogens is 234 g/mol. The third-order valence-corrected chi connectivity index (χ3v) is 4.04. The van der Waals surface area contributed by atoms with Gasteiger partial charge in [0.25, 0.3) is 0 Å². The average Bonchev–Trinajstić information content (AvgIpc) is 3.07. The maximum atomic E-state index is 6.36. The number of nitrogen functional groups attached to an aromatic ring is 1. The van der Waals surface area contributed by atoms with Crippen molar-refractivity contribution in [2.45, 2.75) is 19.3 Å². The first-order valence-electron chi connectivity index (χ1n) is 6.67. The van der Waals surface area contributed by atoms with E-state index in [4.69, 9.17) is 5.73 Å². The van der Waals surface area contributed by atoms with Crippen LogP contribution < -0.4 is 5.73 Å². The highest BCUT2D eigenvalue weighted by Crippen LogP contribution is 2.35. The molecule has 0 fully saturated rings. The Hall–Kier alpha value is -2.29. The topological polar surface area (TPSA) is 43.3 Å². The number of nitrogens with zero attached hydrogens (tertiary/aromatic N) is 2. The Bertz CT molecular complexity index is 771. The number of rotatable bonds is 1. The lowest BCUT2D eigenvalue weighted by atomic mass is 9.98. The van der Waals surface area contributed by atoms with Crippen LogP contribution in [-0.2, 0) is 12.8 Å². The number of benzene rings is 1. The van der Waals surface area contributed by atoms with Crippen LogP contribution in [-0.4, -0.2) is 9.61 Å². The van der Waals surface area contributed by atoms with Crippen molar-refractivity contribution in [3.8, 4) is 11.1 Å². The first kappa shape index (κ1) is 10.6. The van der Waals surface area contributed by atoms with Gasteiger partial charge in [0.15, 0.2) is 0 Å². The highest BCUT2D eigenvalue weighted by Gasteiger charge is 2.16. The van der Waals surface area contributed by atoms with E-state index < -0.39 is 0 Å². The summed E-state index contributed by atoms with van der Waals surface area (Å²) in [5, 5.41) is 4.22. The normalized spacial score (nSPS) is 13.9. The van der Waals surface area contributed by atoms with Gasteiger partial charge in [-0.2, -0.15) is 5.10 Å². The molecule has 1 aromatic carbocycles. The molecule has 0 aliphatic heterocycles. The van der Waals surface area contributed by atoms with Gasteiger partial charge in [-0.15, -0.1) is 0 Å². The lowest BCUT2D eigenvalue weighted by Crippen LogP contribution is -1.97. The van der Waals surface area contributed by atoms with E-state index in [-0.39, 0.29) is 0 Å². The van der Waals surface area contributed by atoms with E-state index in [1.807, 2.05) is 23.0 Å². The van der Waals surface area contributed by atoms with Crippen LogP contribution in [0.2, 0.25) is 0 Å². The summed E-state index contributed by atoms with van der Waals surface area (Å²) in [6.45, 7) is 0. The molecule has 0 unspecified atom stereocenters. The third-order valence-electron chi connectivity index (χ3n) is 4.04. The van der Waals surface area contributed by atoms with Crippen LogP contribution in [0.25, 0.3) is 16.6 Å². The average molecular weight is 249 g/mol. The van der Waals surface area contributed by atoms with Crippen molar-refractivity contribution in [1.29, 1.82) is 0 Å². The molecule has 3 aromatic rings. The predicted octanol–water partition coefficient (Wildman–Crippen LogP) is 3.07. The minimum atomic E-state index is 0.957. The lowest BCUT2D eigenvalue weighted by Gasteiger charge is -2.11. The van der Waals surface area contributed by atoms with Gasteiger partial charge in [-0.1, -0.05) is 12.1 Å². The van der Waals surface area contributed by atoms with E-state index in [1.54, 1.807) is 0 Å². The molecule has 0 amide bonds. The van der Waals surface area contributed by atoms with E-state index in [0.29, 0.717) is 0 Å². The molecule has 4 rings (SSSR count). The summed E-state index contributed by atoms with van der Waals surface area (Å²) >= 11 is 0. The Labute approximate surface area is 111 Å². The summed E-state index contributed by atoms with van der Waals surface area (Å²) in [6.07, 6.45) is 7.30. The first-order valence-corrected chi connectivity index (χ1v) is 6.67. The molecule has 1 aliphatic carbocycles. The summed E-state index contributed by atoms with van der Waals surface area (Å²) in [4.78, 5) is 0. The third kappa shape index (κ3) is 1.55. The molecule has 0 radical (unpaired) electrons. The van der Waals surface area contributed by atoms with Gasteiger partial charge in [-0.25, -0.2) is 4.52 Å². The van der Waals surface area contributed by atoms with Gasteiger partial charge in [-0.3, -0.25) is 0 Å². The Balaban J connectivity index is 1.92. The van der Waals surface area contributed by atoms with Crippen molar-refractivity contribution in [2.24, 2.45) is 0 Å². The first-order chi connectivity index (χ1) is 9.33. The van der Waals surface area contributed by atoms with Crippen molar-refractivity contribution in [3.05, 3.63) is 53.9 Å². The maximum absolute atomic E-state index is 6.36.